The highest BCUT2D eigenvalue weighted by Gasteiger charge is 2.07. The number of nitrogens with one attached hydrogen (secondary N) is 1. The van der Waals surface area contributed by atoms with E-state index in [0.717, 1.165) is 36.6 Å². The minimum atomic E-state index is -0.269. The maximum Gasteiger partial charge on any atom is 0.127 e. The molecule has 1 aromatic carbocycles. The fourth-order valence-corrected chi connectivity index (χ4v) is 1.71. The number of aliphatic hydroxyl groups is 1. The smallest absolute Gasteiger partial charge is 0.127 e. The molecule has 4 heteroatoms. The van der Waals surface area contributed by atoms with E-state index in [1.807, 2.05) is 32.0 Å². The minimum absolute atomic E-state index is 0.128. The van der Waals surface area contributed by atoms with Crippen molar-refractivity contribution in [1.29, 1.82) is 0 Å². The quantitative estimate of drug-likeness (QED) is 0.710. The Labute approximate surface area is 115 Å². The molecule has 0 spiro atoms. The maximum absolute atomic E-state index is 9.21. The largest absolute Gasteiger partial charge is 0.497 e. The molecule has 4 nitrogen and oxygen atoms in total. The van der Waals surface area contributed by atoms with Crippen LogP contribution in [0.5, 0.6) is 11.5 Å². The van der Waals surface area contributed by atoms with E-state index in [4.69, 9.17) is 9.47 Å². The third-order valence-corrected chi connectivity index (χ3v) is 2.69. The first-order valence-corrected chi connectivity index (χ1v) is 6.75. The molecule has 0 saturated heterocycles. The summed E-state index contributed by atoms with van der Waals surface area (Å²) in [6, 6.07) is 5.84. The number of hydrogen-bond donors (Lipinski definition) is 2. The van der Waals surface area contributed by atoms with Gasteiger partial charge in [0.1, 0.15) is 11.5 Å². The lowest BCUT2D eigenvalue weighted by Crippen LogP contribution is -2.19. The van der Waals surface area contributed by atoms with E-state index >= 15 is 0 Å². The second-order valence-electron chi connectivity index (χ2n) is 4.95. The Morgan fingerprint density at radius 2 is 2.00 bits per heavy atom. The van der Waals surface area contributed by atoms with Crippen LogP contribution in [0, 0.1) is 0 Å². The summed E-state index contributed by atoms with van der Waals surface area (Å²) in [7, 11) is 1.65. The average Bonchev–Trinajstić information content (AvgIpc) is 2.35. The molecule has 1 rings (SSSR count). The highest BCUT2D eigenvalue weighted by Crippen LogP contribution is 2.25. The van der Waals surface area contributed by atoms with Gasteiger partial charge in [0.25, 0.3) is 0 Å². The van der Waals surface area contributed by atoms with Gasteiger partial charge >= 0.3 is 0 Å². The standard InChI is InChI=1S/C15H25NO3/c1-11(2)19-15-9-14(18-4)6-5-13(15)10-16-8-7-12(3)17/h5-6,9,11-12,16-17H,7-8,10H2,1-4H3. The van der Waals surface area contributed by atoms with Crippen LogP contribution in [0.1, 0.15) is 32.8 Å². The normalized spacial score (nSPS) is 12.5. The Balaban J connectivity index is 2.64. The van der Waals surface area contributed by atoms with Crippen molar-refractivity contribution in [3.8, 4) is 11.5 Å². The van der Waals surface area contributed by atoms with Gasteiger partial charge in [0.15, 0.2) is 0 Å². The molecule has 0 saturated carbocycles. The summed E-state index contributed by atoms with van der Waals surface area (Å²) < 4.78 is 11.0. The van der Waals surface area contributed by atoms with E-state index in [-0.39, 0.29) is 12.2 Å². The van der Waals surface area contributed by atoms with E-state index in [9.17, 15) is 5.11 Å². The van der Waals surface area contributed by atoms with Crippen LogP contribution in [-0.4, -0.2) is 31.0 Å². The lowest BCUT2D eigenvalue weighted by atomic mass is 10.1. The fraction of sp³-hybridized carbons (Fsp3) is 0.600. The number of methoxy groups -OCH3 is 1. The van der Waals surface area contributed by atoms with Crippen LogP contribution in [-0.2, 0) is 6.54 Å². The van der Waals surface area contributed by atoms with Crippen LogP contribution in [0.25, 0.3) is 0 Å². The lowest BCUT2D eigenvalue weighted by molar-refractivity contribution is 0.183. The van der Waals surface area contributed by atoms with Gasteiger partial charge in [-0.1, -0.05) is 6.07 Å². The van der Waals surface area contributed by atoms with E-state index < -0.39 is 0 Å². The highest BCUT2D eigenvalue weighted by atomic mass is 16.5. The zero-order chi connectivity index (χ0) is 14.3. The second-order valence-corrected chi connectivity index (χ2v) is 4.95. The zero-order valence-corrected chi connectivity index (χ0v) is 12.3. The van der Waals surface area contributed by atoms with Gasteiger partial charge in [-0.2, -0.15) is 0 Å². The molecule has 0 aliphatic heterocycles. The molecular weight excluding hydrogens is 242 g/mol. The van der Waals surface area contributed by atoms with E-state index in [1.54, 1.807) is 14.0 Å². The number of hydrogen-bond acceptors (Lipinski definition) is 4. The summed E-state index contributed by atoms with van der Waals surface area (Å²) >= 11 is 0. The van der Waals surface area contributed by atoms with E-state index in [1.165, 1.54) is 0 Å². The van der Waals surface area contributed by atoms with Crippen molar-refractivity contribution in [3.05, 3.63) is 23.8 Å². The Morgan fingerprint density at radius 1 is 1.26 bits per heavy atom. The summed E-state index contributed by atoms with van der Waals surface area (Å²) in [6.07, 6.45) is 0.606. The van der Waals surface area contributed by atoms with Crippen molar-refractivity contribution in [3.63, 3.8) is 0 Å². The first-order valence-electron chi connectivity index (χ1n) is 6.75. The number of rotatable bonds is 8. The molecule has 1 unspecified atom stereocenters. The molecular formula is C15H25NO3. The molecule has 19 heavy (non-hydrogen) atoms. The molecule has 0 aromatic heterocycles. The van der Waals surface area contributed by atoms with Crippen LogP contribution in [0.4, 0.5) is 0 Å². The molecule has 2 N–H and O–H groups in total. The Bertz CT molecular complexity index is 378. The molecule has 0 radical (unpaired) electrons. The monoisotopic (exact) mass is 267 g/mol. The van der Waals surface area contributed by atoms with Crippen LogP contribution in [0.3, 0.4) is 0 Å². The van der Waals surface area contributed by atoms with Gasteiger partial charge in [-0.15, -0.1) is 0 Å². The lowest BCUT2D eigenvalue weighted by Gasteiger charge is -2.16. The van der Waals surface area contributed by atoms with Crippen molar-refractivity contribution in [2.45, 2.75) is 45.9 Å². The number of benzene rings is 1. The molecule has 0 aliphatic carbocycles. The molecule has 108 valence electrons. The van der Waals surface area contributed by atoms with Crippen molar-refractivity contribution >= 4 is 0 Å². The fourth-order valence-electron chi connectivity index (χ4n) is 1.71. The van der Waals surface area contributed by atoms with Gasteiger partial charge in [-0.05, 0) is 39.8 Å². The molecule has 0 heterocycles. The molecule has 0 fully saturated rings. The van der Waals surface area contributed by atoms with Gasteiger partial charge in [-0.25, -0.2) is 0 Å². The number of aliphatic hydroxyl groups excluding tert-OH is 1. The zero-order valence-electron chi connectivity index (χ0n) is 12.3. The van der Waals surface area contributed by atoms with E-state index in [0.29, 0.717) is 0 Å². The Kier molecular flexibility index (Phi) is 6.67. The van der Waals surface area contributed by atoms with Crippen LogP contribution in [0.2, 0.25) is 0 Å². The van der Waals surface area contributed by atoms with Gasteiger partial charge in [0, 0.05) is 18.2 Å². The van der Waals surface area contributed by atoms with Crippen molar-refractivity contribution in [2.75, 3.05) is 13.7 Å². The summed E-state index contributed by atoms with van der Waals surface area (Å²) in [6.45, 7) is 7.31. The predicted molar refractivity (Wildman–Crippen MR) is 76.8 cm³/mol. The topological polar surface area (TPSA) is 50.7 Å². The van der Waals surface area contributed by atoms with Crippen LogP contribution in [0.15, 0.2) is 18.2 Å². The van der Waals surface area contributed by atoms with Crippen LogP contribution >= 0.6 is 0 Å². The van der Waals surface area contributed by atoms with Crippen LogP contribution < -0.4 is 14.8 Å². The minimum Gasteiger partial charge on any atom is -0.497 e. The molecule has 0 aliphatic rings. The van der Waals surface area contributed by atoms with Crippen molar-refractivity contribution < 1.29 is 14.6 Å². The first-order chi connectivity index (χ1) is 9.02. The molecule has 0 amide bonds. The van der Waals surface area contributed by atoms with Gasteiger partial charge in [0.05, 0.1) is 19.3 Å². The van der Waals surface area contributed by atoms with Gasteiger partial charge in [-0.3, -0.25) is 0 Å². The summed E-state index contributed by atoms with van der Waals surface area (Å²) in [4.78, 5) is 0. The van der Waals surface area contributed by atoms with Gasteiger partial charge in [0.2, 0.25) is 0 Å². The second kappa shape index (κ2) is 8.02. The average molecular weight is 267 g/mol. The van der Waals surface area contributed by atoms with Crippen molar-refractivity contribution in [1.82, 2.24) is 5.32 Å². The predicted octanol–water partition coefficient (Wildman–Crippen LogP) is 2.34. The third kappa shape index (κ3) is 5.94. The van der Waals surface area contributed by atoms with Gasteiger partial charge < -0.3 is 19.9 Å². The molecule has 0 bridgehead atoms. The highest BCUT2D eigenvalue weighted by molar-refractivity contribution is 5.40. The number of ether oxygens (including phenoxy) is 2. The molecule has 1 aromatic rings. The Hall–Kier alpha value is -1.26. The third-order valence-electron chi connectivity index (χ3n) is 2.69. The van der Waals surface area contributed by atoms with E-state index in [2.05, 4.69) is 5.32 Å². The molecule has 1 atom stereocenters. The first kappa shape index (κ1) is 15.8. The summed E-state index contributed by atoms with van der Waals surface area (Å²) in [5.74, 6) is 1.64. The summed E-state index contributed by atoms with van der Waals surface area (Å²) in [5, 5.41) is 12.5. The van der Waals surface area contributed by atoms with Crippen molar-refractivity contribution in [2.24, 2.45) is 0 Å². The Morgan fingerprint density at radius 3 is 2.58 bits per heavy atom. The maximum atomic E-state index is 9.21. The summed E-state index contributed by atoms with van der Waals surface area (Å²) in [5.41, 5.74) is 1.10. The SMILES string of the molecule is COc1ccc(CNCCC(C)O)c(OC(C)C)c1.